The highest BCUT2D eigenvalue weighted by Gasteiger charge is 2.44. The van der Waals surface area contributed by atoms with Crippen LogP contribution in [0.4, 0.5) is 0 Å². The first-order valence-corrected chi connectivity index (χ1v) is 8.78. The minimum Gasteiger partial charge on any atom is -0.394 e. The van der Waals surface area contributed by atoms with Crippen molar-refractivity contribution in [2.24, 2.45) is 0 Å². The monoisotopic (exact) mass is 368 g/mol. The molecule has 144 valence electrons. The van der Waals surface area contributed by atoms with Crippen molar-refractivity contribution >= 4 is 11.2 Å². The predicted octanol–water partition coefficient (Wildman–Crippen LogP) is -1.21. The molecule has 10 heteroatoms. The first-order chi connectivity index (χ1) is 12.5. The van der Waals surface area contributed by atoms with E-state index in [0.717, 1.165) is 4.57 Å². The van der Waals surface area contributed by atoms with E-state index in [-0.39, 0.29) is 17.7 Å². The number of hydrogen-bond donors (Lipinski definition) is 3. The number of aryl methyl sites for hydroxylation is 1. The Bertz CT molecular complexity index is 901. The Balaban J connectivity index is 2.23. The Kier molecular flexibility index (Phi) is 5.28. The van der Waals surface area contributed by atoms with Crippen molar-refractivity contribution in [3.05, 3.63) is 27.2 Å². The smallest absolute Gasteiger partial charge is 0.332 e. The van der Waals surface area contributed by atoms with Crippen molar-refractivity contribution < 1.29 is 20.1 Å². The molecule has 3 heterocycles. The van der Waals surface area contributed by atoms with E-state index in [1.165, 1.54) is 15.5 Å². The summed E-state index contributed by atoms with van der Waals surface area (Å²) in [6.07, 6.45) is -2.07. The SMILES string of the molecule is CCCn1c(=O)c2c(ncn2[C@@H]2O[C@H](CO)[C@@H](O)[C@H]2O)n(CCC)c1=O. The quantitative estimate of drug-likeness (QED) is 0.583. The Hall–Kier alpha value is -2.01. The molecule has 26 heavy (non-hydrogen) atoms. The number of aliphatic hydroxyl groups is 3. The van der Waals surface area contributed by atoms with Crippen LogP contribution < -0.4 is 11.2 Å². The Morgan fingerprint density at radius 3 is 2.35 bits per heavy atom. The molecular weight excluding hydrogens is 344 g/mol. The molecule has 1 aliphatic rings. The zero-order chi connectivity index (χ0) is 19.0. The van der Waals surface area contributed by atoms with Gasteiger partial charge in [-0.2, -0.15) is 0 Å². The maximum Gasteiger partial charge on any atom is 0.332 e. The summed E-state index contributed by atoms with van der Waals surface area (Å²) >= 11 is 0. The molecular formula is C16H24N4O6. The lowest BCUT2D eigenvalue weighted by atomic mass is 10.1. The largest absolute Gasteiger partial charge is 0.394 e. The second-order valence-corrected chi connectivity index (χ2v) is 6.44. The summed E-state index contributed by atoms with van der Waals surface area (Å²) in [6, 6.07) is 0. The van der Waals surface area contributed by atoms with Crippen molar-refractivity contribution in [2.45, 2.75) is 64.3 Å². The second-order valence-electron chi connectivity index (χ2n) is 6.44. The average molecular weight is 368 g/mol. The fraction of sp³-hybridized carbons (Fsp3) is 0.688. The second kappa shape index (κ2) is 7.31. The van der Waals surface area contributed by atoms with Crippen LogP contribution >= 0.6 is 0 Å². The van der Waals surface area contributed by atoms with E-state index < -0.39 is 42.4 Å². The standard InChI is InChI=1S/C16H24N4O6/c1-3-5-18-13-10(14(24)19(6-4-2)16(18)25)20(8-17-13)15-12(23)11(22)9(7-21)26-15/h8-9,11-12,15,21-23H,3-7H2,1-2H3/t9-,11-,12-,15-/m1/s1. The maximum atomic E-state index is 12.9. The van der Waals surface area contributed by atoms with Gasteiger partial charge in [-0.05, 0) is 12.8 Å². The van der Waals surface area contributed by atoms with Gasteiger partial charge < -0.3 is 20.1 Å². The Morgan fingerprint density at radius 2 is 1.77 bits per heavy atom. The van der Waals surface area contributed by atoms with E-state index in [2.05, 4.69) is 4.98 Å². The third-order valence-electron chi connectivity index (χ3n) is 4.63. The van der Waals surface area contributed by atoms with E-state index in [9.17, 15) is 24.9 Å². The van der Waals surface area contributed by atoms with Crippen LogP contribution in [0.1, 0.15) is 32.9 Å². The molecule has 0 aromatic carbocycles. The zero-order valence-corrected chi connectivity index (χ0v) is 14.8. The fourth-order valence-corrected chi connectivity index (χ4v) is 3.35. The molecule has 0 amide bonds. The molecule has 0 spiro atoms. The van der Waals surface area contributed by atoms with Crippen LogP contribution in [-0.4, -0.2) is 58.9 Å². The summed E-state index contributed by atoms with van der Waals surface area (Å²) in [6.45, 7) is 3.97. The predicted molar refractivity (Wildman–Crippen MR) is 91.8 cm³/mol. The number of fused-ring (bicyclic) bond motifs is 1. The number of nitrogens with zero attached hydrogens (tertiary/aromatic N) is 4. The van der Waals surface area contributed by atoms with Gasteiger partial charge in [0.15, 0.2) is 17.4 Å². The molecule has 0 unspecified atom stereocenters. The van der Waals surface area contributed by atoms with Crippen molar-refractivity contribution in [1.82, 2.24) is 18.7 Å². The fourth-order valence-electron chi connectivity index (χ4n) is 3.35. The average Bonchev–Trinajstić information content (AvgIpc) is 3.18. The van der Waals surface area contributed by atoms with Crippen molar-refractivity contribution in [2.75, 3.05) is 6.61 Å². The lowest BCUT2D eigenvalue weighted by Crippen LogP contribution is -2.41. The molecule has 0 bridgehead atoms. The maximum absolute atomic E-state index is 12.9. The summed E-state index contributed by atoms with van der Waals surface area (Å²) in [5.41, 5.74) is -0.597. The lowest BCUT2D eigenvalue weighted by molar-refractivity contribution is -0.0509. The van der Waals surface area contributed by atoms with Gasteiger partial charge in [0.1, 0.15) is 18.3 Å². The molecule has 0 aliphatic carbocycles. The summed E-state index contributed by atoms with van der Waals surface area (Å²) in [7, 11) is 0. The third-order valence-corrected chi connectivity index (χ3v) is 4.63. The highest BCUT2D eigenvalue weighted by atomic mass is 16.6. The Labute approximate surface area is 148 Å². The molecule has 1 fully saturated rings. The normalized spacial score (nSPS) is 26.0. The first kappa shape index (κ1) is 18.8. The van der Waals surface area contributed by atoms with E-state index in [4.69, 9.17) is 4.74 Å². The number of imidazole rings is 1. The van der Waals surface area contributed by atoms with E-state index in [0.29, 0.717) is 19.4 Å². The van der Waals surface area contributed by atoms with Crippen LogP contribution in [-0.2, 0) is 17.8 Å². The molecule has 3 N–H and O–H groups in total. The van der Waals surface area contributed by atoms with E-state index in [1.807, 2.05) is 13.8 Å². The lowest BCUT2D eigenvalue weighted by Gasteiger charge is -2.17. The topological polar surface area (TPSA) is 132 Å². The molecule has 1 saturated heterocycles. The highest BCUT2D eigenvalue weighted by Crippen LogP contribution is 2.30. The zero-order valence-electron chi connectivity index (χ0n) is 14.8. The van der Waals surface area contributed by atoms with Crippen molar-refractivity contribution in [1.29, 1.82) is 0 Å². The molecule has 0 radical (unpaired) electrons. The third kappa shape index (κ3) is 2.78. The van der Waals surface area contributed by atoms with Gasteiger partial charge >= 0.3 is 5.69 Å². The number of rotatable bonds is 6. The van der Waals surface area contributed by atoms with Crippen LogP contribution in [0.3, 0.4) is 0 Å². The van der Waals surface area contributed by atoms with Crippen LogP contribution in [0, 0.1) is 0 Å². The first-order valence-electron chi connectivity index (χ1n) is 8.78. The summed E-state index contributed by atoms with van der Waals surface area (Å²) < 4.78 is 9.43. The number of hydrogen-bond acceptors (Lipinski definition) is 7. The summed E-state index contributed by atoms with van der Waals surface area (Å²) in [4.78, 5) is 29.8. The summed E-state index contributed by atoms with van der Waals surface area (Å²) in [5, 5.41) is 29.5. The van der Waals surface area contributed by atoms with Crippen LogP contribution in [0.5, 0.6) is 0 Å². The summed E-state index contributed by atoms with van der Waals surface area (Å²) in [5.74, 6) is 0. The van der Waals surface area contributed by atoms with Gasteiger partial charge in [-0.15, -0.1) is 0 Å². The minimum atomic E-state index is -1.34. The van der Waals surface area contributed by atoms with Gasteiger partial charge in [0.2, 0.25) is 0 Å². The molecule has 4 atom stereocenters. The van der Waals surface area contributed by atoms with E-state index >= 15 is 0 Å². The number of aromatic nitrogens is 4. The molecule has 2 aromatic rings. The van der Waals surface area contributed by atoms with Gasteiger partial charge in [-0.3, -0.25) is 18.5 Å². The van der Waals surface area contributed by atoms with Gasteiger partial charge in [-0.1, -0.05) is 13.8 Å². The molecule has 0 saturated carbocycles. The van der Waals surface area contributed by atoms with Crippen LogP contribution in [0.2, 0.25) is 0 Å². The number of aliphatic hydroxyl groups excluding tert-OH is 3. The number of ether oxygens (including phenoxy) is 1. The highest BCUT2D eigenvalue weighted by molar-refractivity contribution is 5.70. The van der Waals surface area contributed by atoms with Gasteiger partial charge in [-0.25, -0.2) is 9.78 Å². The van der Waals surface area contributed by atoms with Crippen LogP contribution in [0.15, 0.2) is 15.9 Å². The van der Waals surface area contributed by atoms with Gasteiger partial charge in [0, 0.05) is 13.1 Å². The van der Waals surface area contributed by atoms with Crippen molar-refractivity contribution in [3.63, 3.8) is 0 Å². The van der Waals surface area contributed by atoms with Gasteiger partial charge in [0.25, 0.3) is 5.56 Å². The minimum absolute atomic E-state index is 0.126. The Morgan fingerprint density at radius 1 is 1.12 bits per heavy atom. The molecule has 3 rings (SSSR count). The van der Waals surface area contributed by atoms with Gasteiger partial charge in [0.05, 0.1) is 12.9 Å². The molecule has 2 aromatic heterocycles. The van der Waals surface area contributed by atoms with E-state index in [1.54, 1.807) is 0 Å². The van der Waals surface area contributed by atoms with Crippen molar-refractivity contribution in [3.8, 4) is 0 Å². The van der Waals surface area contributed by atoms with Crippen LogP contribution in [0.25, 0.3) is 11.2 Å². The molecule has 10 nitrogen and oxygen atoms in total. The molecule has 1 aliphatic heterocycles.